The number of hydrogen-bond acceptors (Lipinski definition) is 7. The van der Waals surface area contributed by atoms with Crippen LogP contribution in [0.5, 0.6) is 0 Å². The average molecular weight is 352 g/mol. The first-order valence-corrected chi connectivity index (χ1v) is 8.33. The Kier molecular flexibility index (Phi) is 3.79. The van der Waals surface area contributed by atoms with Crippen LogP contribution in [0.3, 0.4) is 0 Å². The third kappa shape index (κ3) is 3.02. The molecule has 2 aliphatic heterocycles. The molecule has 1 aromatic carbocycles. The summed E-state index contributed by atoms with van der Waals surface area (Å²) in [6.45, 7) is 0.400. The molecule has 0 aromatic heterocycles. The lowest BCUT2D eigenvalue weighted by Gasteiger charge is -2.26. The molecule has 0 bridgehead atoms. The van der Waals surface area contributed by atoms with Gasteiger partial charge in [0.25, 0.3) is 0 Å². The largest absolute Gasteiger partial charge is 0.379 e. The van der Waals surface area contributed by atoms with Crippen molar-refractivity contribution in [3.8, 4) is 12.1 Å². The molecule has 1 unspecified atom stereocenters. The van der Waals surface area contributed by atoms with Crippen molar-refractivity contribution in [3.05, 3.63) is 40.6 Å². The van der Waals surface area contributed by atoms with Gasteiger partial charge in [0.15, 0.2) is 17.7 Å². The van der Waals surface area contributed by atoms with Gasteiger partial charge in [-0.1, -0.05) is 11.6 Å². The number of aliphatic imine (C=N–C) groups is 1. The van der Waals surface area contributed by atoms with E-state index in [4.69, 9.17) is 16.9 Å². The number of fused-ring (bicyclic) bond motifs is 1. The minimum atomic E-state index is -0.419. The van der Waals surface area contributed by atoms with Gasteiger partial charge in [0, 0.05) is 12.1 Å². The first-order chi connectivity index (χ1) is 12.2. The van der Waals surface area contributed by atoms with Crippen molar-refractivity contribution in [2.24, 2.45) is 10.1 Å². The molecule has 1 atom stereocenters. The highest BCUT2D eigenvalue weighted by Crippen LogP contribution is 2.27. The second kappa shape index (κ2) is 6.12. The highest BCUT2D eigenvalue weighted by molar-refractivity contribution is 6.34. The van der Waals surface area contributed by atoms with Crippen molar-refractivity contribution in [1.29, 1.82) is 10.5 Å². The van der Waals surface area contributed by atoms with E-state index in [0.29, 0.717) is 40.5 Å². The maximum atomic E-state index is 9.32. The molecule has 0 amide bonds. The van der Waals surface area contributed by atoms with Crippen LogP contribution in [0.25, 0.3) is 0 Å². The van der Waals surface area contributed by atoms with E-state index < -0.39 is 6.04 Å². The molecule has 1 fully saturated rings. The van der Waals surface area contributed by atoms with Gasteiger partial charge in [-0.3, -0.25) is 4.99 Å². The fourth-order valence-corrected chi connectivity index (χ4v) is 2.85. The fourth-order valence-electron chi connectivity index (χ4n) is 2.68. The Morgan fingerprint density at radius 1 is 1.28 bits per heavy atom. The molecule has 0 radical (unpaired) electrons. The first kappa shape index (κ1) is 15.5. The Bertz CT molecular complexity index is 899. The second-order valence-electron chi connectivity index (χ2n) is 6.05. The Hall–Kier alpha value is -3.03. The van der Waals surface area contributed by atoms with E-state index in [1.54, 1.807) is 23.2 Å². The summed E-state index contributed by atoms with van der Waals surface area (Å²) in [5.74, 6) is 1.24. The molecular weight excluding hydrogens is 338 g/mol. The standard InChI is InChI=1S/C17H14ClN7/c18-13-4-1-10(7-19)5-14(13)23-16-6-15(22-11-2-3-11)17-21-9-12(8-20)25(17)24-16/h1,4-6,11-12,22H,2-3,9H2,(H,23,24). The van der Waals surface area contributed by atoms with Gasteiger partial charge in [-0.15, -0.1) is 0 Å². The van der Waals surface area contributed by atoms with E-state index in [0.717, 1.165) is 18.5 Å². The predicted octanol–water partition coefficient (Wildman–Crippen LogP) is 2.19. The summed E-state index contributed by atoms with van der Waals surface area (Å²) in [5.41, 5.74) is 1.95. The average Bonchev–Trinajstić information content (AvgIpc) is 3.33. The number of nitrogens with one attached hydrogen (secondary N) is 2. The van der Waals surface area contributed by atoms with Crippen LogP contribution in [0.2, 0.25) is 5.02 Å². The summed E-state index contributed by atoms with van der Waals surface area (Å²) in [5, 5.41) is 31.6. The first-order valence-electron chi connectivity index (χ1n) is 7.95. The van der Waals surface area contributed by atoms with Crippen LogP contribution < -0.4 is 10.6 Å². The number of anilines is 1. The van der Waals surface area contributed by atoms with Gasteiger partial charge in [0.05, 0.1) is 40.7 Å². The molecule has 3 aliphatic rings. The minimum Gasteiger partial charge on any atom is -0.379 e. The van der Waals surface area contributed by atoms with E-state index in [1.807, 2.05) is 6.08 Å². The molecule has 2 N–H and O–H groups in total. The quantitative estimate of drug-likeness (QED) is 0.869. The highest BCUT2D eigenvalue weighted by atomic mass is 35.5. The third-order valence-corrected chi connectivity index (χ3v) is 4.44. The van der Waals surface area contributed by atoms with Crippen molar-refractivity contribution in [2.75, 3.05) is 11.9 Å². The number of amidine groups is 2. The van der Waals surface area contributed by atoms with Crippen molar-refractivity contribution in [2.45, 2.75) is 24.9 Å². The molecule has 0 saturated heterocycles. The summed E-state index contributed by atoms with van der Waals surface area (Å²) < 4.78 is 0. The number of halogens is 1. The summed E-state index contributed by atoms with van der Waals surface area (Å²) in [6.07, 6.45) is 4.12. The maximum absolute atomic E-state index is 9.32. The molecular formula is C17H14ClN7. The minimum absolute atomic E-state index is 0.400. The van der Waals surface area contributed by atoms with Crippen LogP contribution in [-0.2, 0) is 0 Å². The predicted molar refractivity (Wildman–Crippen MR) is 95.0 cm³/mol. The number of benzene rings is 1. The zero-order chi connectivity index (χ0) is 17.4. The van der Waals surface area contributed by atoms with Crippen LogP contribution in [0.15, 0.2) is 40.1 Å². The van der Waals surface area contributed by atoms with E-state index in [1.165, 1.54) is 0 Å². The van der Waals surface area contributed by atoms with Crippen LogP contribution in [-0.4, -0.2) is 35.3 Å². The van der Waals surface area contributed by atoms with Crippen molar-refractivity contribution >= 4 is 29.0 Å². The van der Waals surface area contributed by atoms with E-state index >= 15 is 0 Å². The Labute approximate surface area is 149 Å². The zero-order valence-electron chi connectivity index (χ0n) is 13.2. The van der Waals surface area contributed by atoms with Gasteiger partial charge in [0.2, 0.25) is 0 Å². The van der Waals surface area contributed by atoms with Crippen molar-refractivity contribution in [3.63, 3.8) is 0 Å². The van der Waals surface area contributed by atoms with Crippen molar-refractivity contribution in [1.82, 2.24) is 10.3 Å². The Balaban J connectivity index is 1.66. The SMILES string of the molecule is N#Cc1ccc(Cl)c(NC2=NN3C(=NCC3C#N)C(NC3CC3)=C2)c1. The molecule has 1 aromatic rings. The molecule has 25 heavy (non-hydrogen) atoms. The van der Waals surface area contributed by atoms with Gasteiger partial charge >= 0.3 is 0 Å². The molecule has 1 aliphatic carbocycles. The summed E-state index contributed by atoms with van der Waals surface area (Å²) in [6, 6.07) is 9.33. The second-order valence-corrected chi connectivity index (χ2v) is 6.45. The highest BCUT2D eigenvalue weighted by Gasteiger charge is 2.35. The number of nitriles is 2. The van der Waals surface area contributed by atoms with Gasteiger partial charge in [0.1, 0.15) is 0 Å². The van der Waals surface area contributed by atoms with Crippen LogP contribution in [0, 0.1) is 22.7 Å². The monoisotopic (exact) mass is 351 g/mol. The summed E-state index contributed by atoms with van der Waals surface area (Å²) in [7, 11) is 0. The van der Waals surface area contributed by atoms with Gasteiger partial charge < -0.3 is 10.6 Å². The lowest BCUT2D eigenvalue weighted by Crippen LogP contribution is -2.40. The molecule has 2 heterocycles. The fraction of sp³-hybridized carbons (Fsp3) is 0.294. The molecule has 7 nitrogen and oxygen atoms in total. The molecule has 124 valence electrons. The smallest absolute Gasteiger partial charge is 0.169 e. The van der Waals surface area contributed by atoms with E-state index in [-0.39, 0.29) is 0 Å². The van der Waals surface area contributed by atoms with E-state index in [2.05, 4.69) is 32.9 Å². The number of hydrazone groups is 1. The van der Waals surface area contributed by atoms with Crippen LogP contribution >= 0.6 is 11.6 Å². The number of hydrogen-bond donors (Lipinski definition) is 2. The maximum Gasteiger partial charge on any atom is 0.169 e. The molecule has 1 saturated carbocycles. The molecule has 8 heteroatoms. The van der Waals surface area contributed by atoms with Gasteiger partial charge in [-0.05, 0) is 31.0 Å². The summed E-state index contributed by atoms with van der Waals surface area (Å²) in [4.78, 5) is 4.44. The Morgan fingerprint density at radius 3 is 2.84 bits per heavy atom. The number of rotatable bonds is 3. The third-order valence-electron chi connectivity index (χ3n) is 4.11. The lowest BCUT2D eigenvalue weighted by molar-refractivity contribution is 0.417. The Morgan fingerprint density at radius 2 is 2.12 bits per heavy atom. The topological polar surface area (TPSA) is 99.6 Å². The van der Waals surface area contributed by atoms with Gasteiger partial charge in [-0.2, -0.15) is 15.6 Å². The van der Waals surface area contributed by atoms with Crippen LogP contribution in [0.4, 0.5) is 5.69 Å². The van der Waals surface area contributed by atoms with Crippen molar-refractivity contribution < 1.29 is 0 Å². The molecule has 0 spiro atoms. The van der Waals surface area contributed by atoms with Crippen LogP contribution in [0.1, 0.15) is 18.4 Å². The van der Waals surface area contributed by atoms with E-state index in [9.17, 15) is 5.26 Å². The number of nitrogens with zero attached hydrogens (tertiary/aromatic N) is 5. The van der Waals surface area contributed by atoms with Gasteiger partial charge in [-0.25, -0.2) is 5.01 Å². The lowest BCUT2D eigenvalue weighted by atomic mass is 10.2. The summed E-state index contributed by atoms with van der Waals surface area (Å²) >= 11 is 6.22. The zero-order valence-corrected chi connectivity index (χ0v) is 14.0. The molecule has 4 rings (SSSR count). The normalized spacial score (nSPS) is 21.3.